The number of nitrogen functional groups attached to an aromatic ring is 1. The minimum absolute atomic E-state index is 0.492. The molecule has 3 rings (SSSR count). The molecule has 3 aromatic rings. The predicted molar refractivity (Wildman–Crippen MR) is 76.6 cm³/mol. The summed E-state index contributed by atoms with van der Waals surface area (Å²) in [4.78, 5) is 4.39. The second-order valence-corrected chi connectivity index (χ2v) is 5.21. The van der Waals surface area contributed by atoms with Crippen LogP contribution in [-0.2, 0) is 0 Å². The van der Waals surface area contributed by atoms with E-state index in [-0.39, 0.29) is 0 Å². The van der Waals surface area contributed by atoms with Crippen LogP contribution >= 0.6 is 27.5 Å². The van der Waals surface area contributed by atoms with E-state index >= 15 is 0 Å². The lowest BCUT2D eigenvalue weighted by Crippen LogP contribution is -1.89. The van der Waals surface area contributed by atoms with E-state index in [1.54, 1.807) is 24.3 Å². The molecule has 0 aliphatic carbocycles. The lowest BCUT2D eigenvalue weighted by molar-refractivity contribution is 0.620. The van der Waals surface area contributed by atoms with Crippen molar-refractivity contribution in [3.8, 4) is 11.5 Å². The Morgan fingerprint density at radius 2 is 2.00 bits per heavy atom. The van der Waals surface area contributed by atoms with Crippen molar-refractivity contribution in [3.05, 3.63) is 45.9 Å². The molecule has 0 aliphatic heterocycles. The van der Waals surface area contributed by atoms with E-state index in [1.165, 1.54) is 0 Å². The van der Waals surface area contributed by atoms with E-state index in [9.17, 15) is 0 Å². The Kier molecular flexibility index (Phi) is 2.76. The summed E-state index contributed by atoms with van der Waals surface area (Å²) >= 11 is 9.32. The summed E-state index contributed by atoms with van der Waals surface area (Å²) < 4.78 is 6.60. The summed E-state index contributed by atoms with van der Waals surface area (Å²) in [5.74, 6) is 0.492. The Hall–Kier alpha value is -1.52. The molecule has 2 N–H and O–H groups in total. The first-order chi connectivity index (χ1) is 8.63. The molecule has 0 fully saturated rings. The minimum Gasteiger partial charge on any atom is -0.436 e. The van der Waals surface area contributed by atoms with Crippen LogP contribution < -0.4 is 5.73 Å². The standard InChI is InChI=1S/C13H8BrClN2O/c14-7-1-3-10(16)9(5-7)13-17-11-6-8(15)2-4-12(11)18-13/h1-6H,16H2. The molecule has 0 aliphatic rings. The monoisotopic (exact) mass is 322 g/mol. The highest BCUT2D eigenvalue weighted by Crippen LogP contribution is 2.31. The molecule has 0 atom stereocenters. The summed E-state index contributed by atoms with van der Waals surface area (Å²) in [5.41, 5.74) is 8.72. The Morgan fingerprint density at radius 1 is 1.17 bits per heavy atom. The number of halogens is 2. The van der Waals surface area contributed by atoms with Crippen LogP contribution in [0.25, 0.3) is 22.6 Å². The van der Waals surface area contributed by atoms with Crippen molar-refractivity contribution in [3.63, 3.8) is 0 Å². The van der Waals surface area contributed by atoms with Crippen LogP contribution in [-0.4, -0.2) is 4.98 Å². The Morgan fingerprint density at radius 3 is 2.83 bits per heavy atom. The highest BCUT2D eigenvalue weighted by molar-refractivity contribution is 9.10. The van der Waals surface area contributed by atoms with Gasteiger partial charge in [-0.05, 0) is 36.4 Å². The molecule has 90 valence electrons. The number of nitrogens with two attached hydrogens (primary N) is 1. The fourth-order valence-electron chi connectivity index (χ4n) is 1.73. The van der Waals surface area contributed by atoms with Gasteiger partial charge < -0.3 is 10.2 Å². The van der Waals surface area contributed by atoms with E-state index in [1.807, 2.05) is 12.1 Å². The Labute approximate surface area is 117 Å². The third-order valence-electron chi connectivity index (χ3n) is 2.60. The zero-order chi connectivity index (χ0) is 12.7. The molecule has 18 heavy (non-hydrogen) atoms. The Bertz CT molecular complexity index is 739. The molecule has 0 radical (unpaired) electrons. The van der Waals surface area contributed by atoms with Crippen LogP contribution in [0.15, 0.2) is 45.3 Å². The summed E-state index contributed by atoms with van der Waals surface area (Å²) in [6, 6.07) is 10.9. The maximum Gasteiger partial charge on any atom is 0.229 e. The zero-order valence-electron chi connectivity index (χ0n) is 9.15. The second-order valence-electron chi connectivity index (χ2n) is 3.86. The van der Waals surface area contributed by atoms with Crippen molar-refractivity contribution in [2.45, 2.75) is 0 Å². The van der Waals surface area contributed by atoms with E-state index in [4.69, 9.17) is 21.8 Å². The van der Waals surface area contributed by atoms with Crippen molar-refractivity contribution in [1.82, 2.24) is 4.98 Å². The molecule has 2 aromatic carbocycles. The number of rotatable bonds is 1. The first-order valence-corrected chi connectivity index (χ1v) is 6.42. The van der Waals surface area contributed by atoms with E-state index in [0.717, 1.165) is 15.6 Å². The Balaban J connectivity index is 2.22. The van der Waals surface area contributed by atoms with E-state index in [0.29, 0.717) is 22.2 Å². The molecule has 1 aromatic heterocycles. The lowest BCUT2D eigenvalue weighted by atomic mass is 10.2. The van der Waals surface area contributed by atoms with Gasteiger partial charge in [0.1, 0.15) is 5.52 Å². The van der Waals surface area contributed by atoms with Gasteiger partial charge in [0.25, 0.3) is 0 Å². The molecule has 3 nitrogen and oxygen atoms in total. The number of nitrogens with zero attached hydrogens (tertiary/aromatic N) is 1. The van der Waals surface area contributed by atoms with Crippen LogP contribution in [0.4, 0.5) is 5.69 Å². The number of aromatic nitrogens is 1. The number of fused-ring (bicyclic) bond motifs is 1. The van der Waals surface area contributed by atoms with Crippen LogP contribution in [0.5, 0.6) is 0 Å². The zero-order valence-corrected chi connectivity index (χ0v) is 11.5. The second kappa shape index (κ2) is 4.30. The van der Waals surface area contributed by atoms with Gasteiger partial charge in [0.05, 0.1) is 5.56 Å². The normalized spacial score (nSPS) is 11.0. The molecule has 1 heterocycles. The van der Waals surface area contributed by atoms with Gasteiger partial charge in [-0.15, -0.1) is 0 Å². The van der Waals surface area contributed by atoms with Gasteiger partial charge in [0.2, 0.25) is 5.89 Å². The molecular formula is C13H8BrClN2O. The number of benzene rings is 2. The van der Waals surface area contributed by atoms with Gasteiger partial charge in [0.15, 0.2) is 5.58 Å². The first kappa shape index (κ1) is 11.6. The number of hydrogen-bond donors (Lipinski definition) is 1. The van der Waals surface area contributed by atoms with Gasteiger partial charge in [-0.2, -0.15) is 0 Å². The third kappa shape index (κ3) is 1.98. The van der Waals surface area contributed by atoms with Crippen LogP contribution in [0, 0.1) is 0 Å². The molecule has 0 amide bonds. The summed E-state index contributed by atoms with van der Waals surface area (Å²) in [6.07, 6.45) is 0. The van der Waals surface area contributed by atoms with Crippen LogP contribution in [0.3, 0.4) is 0 Å². The van der Waals surface area contributed by atoms with Gasteiger partial charge in [-0.3, -0.25) is 0 Å². The minimum atomic E-state index is 0.492. The maximum absolute atomic E-state index is 5.93. The van der Waals surface area contributed by atoms with Gasteiger partial charge >= 0.3 is 0 Å². The molecule has 0 bridgehead atoms. The molecule has 5 heteroatoms. The molecule has 0 spiro atoms. The SMILES string of the molecule is Nc1ccc(Br)cc1-c1nc2cc(Cl)ccc2o1. The molecule has 0 saturated heterocycles. The van der Waals surface area contributed by atoms with Crippen molar-refractivity contribution in [1.29, 1.82) is 0 Å². The molecular weight excluding hydrogens is 316 g/mol. The highest BCUT2D eigenvalue weighted by atomic mass is 79.9. The van der Waals surface area contributed by atoms with Gasteiger partial charge in [-0.25, -0.2) is 4.98 Å². The quantitative estimate of drug-likeness (QED) is 0.671. The largest absolute Gasteiger partial charge is 0.436 e. The van der Waals surface area contributed by atoms with Crippen LogP contribution in [0.2, 0.25) is 5.02 Å². The highest BCUT2D eigenvalue weighted by Gasteiger charge is 2.11. The number of hydrogen-bond acceptors (Lipinski definition) is 3. The number of anilines is 1. The van der Waals surface area contributed by atoms with Crippen LogP contribution in [0.1, 0.15) is 0 Å². The summed E-state index contributed by atoms with van der Waals surface area (Å²) in [5, 5.41) is 0.629. The average Bonchev–Trinajstić information content (AvgIpc) is 2.74. The van der Waals surface area contributed by atoms with Crippen molar-refractivity contribution in [2.75, 3.05) is 5.73 Å². The fraction of sp³-hybridized carbons (Fsp3) is 0. The van der Waals surface area contributed by atoms with Crippen molar-refractivity contribution in [2.24, 2.45) is 0 Å². The van der Waals surface area contributed by atoms with Gasteiger partial charge in [-0.1, -0.05) is 27.5 Å². The fourth-order valence-corrected chi connectivity index (χ4v) is 2.26. The average molecular weight is 324 g/mol. The lowest BCUT2D eigenvalue weighted by Gasteiger charge is -2.01. The van der Waals surface area contributed by atoms with Crippen molar-refractivity contribution >= 4 is 44.3 Å². The smallest absolute Gasteiger partial charge is 0.229 e. The van der Waals surface area contributed by atoms with Crippen molar-refractivity contribution < 1.29 is 4.42 Å². The van der Waals surface area contributed by atoms with E-state index in [2.05, 4.69) is 20.9 Å². The summed E-state index contributed by atoms with van der Waals surface area (Å²) in [7, 11) is 0. The third-order valence-corrected chi connectivity index (χ3v) is 3.32. The predicted octanol–water partition coefficient (Wildman–Crippen LogP) is 4.49. The van der Waals surface area contributed by atoms with E-state index < -0.39 is 0 Å². The molecule has 0 saturated carbocycles. The topological polar surface area (TPSA) is 52.0 Å². The summed E-state index contributed by atoms with van der Waals surface area (Å²) in [6.45, 7) is 0. The maximum atomic E-state index is 5.93. The number of oxazole rings is 1. The molecule has 0 unspecified atom stereocenters. The first-order valence-electron chi connectivity index (χ1n) is 5.25. The van der Waals surface area contributed by atoms with Gasteiger partial charge in [0, 0.05) is 15.2 Å².